The van der Waals surface area contributed by atoms with Gasteiger partial charge in [0.1, 0.15) is 6.20 Å². The highest BCUT2D eigenvalue weighted by Gasteiger charge is 2.20. The van der Waals surface area contributed by atoms with Crippen LogP contribution in [0.1, 0.15) is 23.1 Å². The van der Waals surface area contributed by atoms with Gasteiger partial charge in [-0.2, -0.15) is 0 Å². The van der Waals surface area contributed by atoms with E-state index < -0.39 is 16.8 Å². The number of ether oxygens (including phenoxy) is 1. The Labute approximate surface area is 137 Å². The molecule has 2 aromatic rings. The number of benzene rings is 1. The van der Waals surface area contributed by atoms with E-state index in [9.17, 15) is 19.7 Å². The number of imidazole rings is 1. The van der Waals surface area contributed by atoms with Crippen molar-refractivity contribution in [2.24, 2.45) is 0 Å². The van der Waals surface area contributed by atoms with Gasteiger partial charge < -0.3 is 20.2 Å². The molecule has 126 valence electrons. The van der Waals surface area contributed by atoms with Crippen molar-refractivity contribution in [2.45, 2.75) is 20.4 Å². The van der Waals surface area contributed by atoms with Gasteiger partial charge in [-0.15, -0.1) is 0 Å². The molecule has 0 aliphatic rings. The largest absolute Gasteiger partial charge is 0.462 e. The summed E-state index contributed by atoms with van der Waals surface area (Å²) in [6, 6.07) is 6.16. The maximum absolute atomic E-state index is 12.1. The lowest BCUT2D eigenvalue weighted by Gasteiger charge is -2.07. The number of carbonyl (C=O) groups excluding carboxylic acids is 2. The molecule has 0 bridgehead atoms. The average Bonchev–Trinajstić information content (AvgIpc) is 2.89. The first-order valence-corrected chi connectivity index (χ1v) is 7.16. The van der Waals surface area contributed by atoms with E-state index in [4.69, 9.17) is 4.74 Å². The molecule has 1 heterocycles. The Morgan fingerprint density at radius 1 is 1.33 bits per heavy atom. The normalized spacial score (nSPS) is 10.2. The second-order valence-electron chi connectivity index (χ2n) is 4.85. The topological polar surface area (TPSA) is 116 Å². The van der Waals surface area contributed by atoms with Gasteiger partial charge in [0, 0.05) is 12.6 Å². The standard InChI is InChI=1S/C15H16N4O5/c1-3-24-15(21)11-4-6-12(7-5-11)17-13(20)9-18-10(2)16-8-14(18)19(22)23/h4-8H,3,9H2,1-2H3,(H,17,20). The quantitative estimate of drug-likeness (QED) is 0.491. The van der Waals surface area contributed by atoms with Crippen LogP contribution in [-0.4, -0.2) is 33.0 Å². The van der Waals surface area contributed by atoms with Crippen LogP contribution in [0.3, 0.4) is 0 Å². The lowest BCUT2D eigenvalue weighted by Crippen LogP contribution is -2.20. The van der Waals surface area contributed by atoms with Gasteiger partial charge in [-0.1, -0.05) is 0 Å². The number of hydrogen-bond acceptors (Lipinski definition) is 6. The molecule has 0 atom stereocenters. The molecular weight excluding hydrogens is 316 g/mol. The van der Waals surface area contributed by atoms with Gasteiger partial charge in [-0.25, -0.2) is 14.3 Å². The fourth-order valence-electron chi connectivity index (χ4n) is 2.05. The second-order valence-corrected chi connectivity index (χ2v) is 4.85. The minimum Gasteiger partial charge on any atom is -0.462 e. The Balaban J connectivity index is 2.04. The summed E-state index contributed by atoms with van der Waals surface area (Å²) in [6.07, 6.45) is 1.11. The van der Waals surface area contributed by atoms with E-state index in [0.29, 0.717) is 17.1 Å². The lowest BCUT2D eigenvalue weighted by molar-refractivity contribution is -0.392. The number of rotatable bonds is 6. The highest BCUT2D eigenvalue weighted by molar-refractivity contribution is 5.93. The van der Waals surface area contributed by atoms with Gasteiger partial charge in [0.2, 0.25) is 0 Å². The van der Waals surface area contributed by atoms with E-state index in [1.165, 1.54) is 16.7 Å². The first kappa shape index (κ1) is 17.1. The molecule has 1 aromatic heterocycles. The van der Waals surface area contributed by atoms with Gasteiger partial charge in [-0.3, -0.25) is 4.79 Å². The molecule has 2 rings (SSSR count). The Hall–Kier alpha value is -3.23. The summed E-state index contributed by atoms with van der Waals surface area (Å²) >= 11 is 0. The number of nitrogens with zero attached hydrogens (tertiary/aromatic N) is 3. The Kier molecular flexibility index (Phi) is 5.25. The molecule has 0 saturated heterocycles. The monoisotopic (exact) mass is 332 g/mol. The van der Waals surface area contributed by atoms with Crippen LogP contribution in [0.15, 0.2) is 30.5 Å². The summed E-state index contributed by atoms with van der Waals surface area (Å²) in [5, 5.41) is 13.5. The third-order valence-electron chi connectivity index (χ3n) is 3.20. The van der Waals surface area contributed by atoms with Crippen LogP contribution in [0.2, 0.25) is 0 Å². The SMILES string of the molecule is CCOC(=O)c1ccc(NC(=O)Cn2c([N+](=O)[O-])cnc2C)cc1. The van der Waals surface area contributed by atoms with Crippen LogP contribution in [0.25, 0.3) is 0 Å². The Bertz CT molecular complexity index is 767. The molecule has 0 radical (unpaired) electrons. The minimum atomic E-state index is -0.596. The number of nitro groups is 1. The van der Waals surface area contributed by atoms with Crippen molar-refractivity contribution in [1.29, 1.82) is 0 Å². The van der Waals surface area contributed by atoms with Crippen molar-refractivity contribution < 1.29 is 19.2 Å². The Morgan fingerprint density at radius 2 is 2.00 bits per heavy atom. The van der Waals surface area contributed by atoms with Crippen molar-refractivity contribution in [3.63, 3.8) is 0 Å². The van der Waals surface area contributed by atoms with Crippen molar-refractivity contribution >= 4 is 23.4 Å². The van der Waals surface area contributed by atoms with Crippen LogP contribution in [0, 0.1) is 17.0 Å². The zero-order valence-electron chi connectivity index (χ0n) is 13.2. The zero-order chi connectivity index (χ0) is 17.7. The summed E-state index contributed by atoms with van der Waals surface area (Å²) in [4.78, 5) is 37.7. The third-order valence-corrected chi connectivity index (χ3v) is 3.20. The summed E-state index contributed by atoms with van der Waals surface area (Å²) in [6.45, 7) is 3.33. The zero-order valence-corrected chi connectivity index (χ0v) is 13.2. The molecule has 0 aliphatic heterocycles. The fourth-order valence-corrected chi connectivity index (χ4v) is 2.05. The number of aryl methyl sites for hydroxylation is 1. The molecule has 9 nitrogen and oxygen atoms in total. The molecule has 1 N–H and O–H groups in total. The van der Waals surface area contributed by atoms with Crippen molar-refractivity contribution in [3.8, 4) is 0 Å². The van der Waals surface area contributed by atoms with E-state index in [1.54, 1.807) is 26.0 Å². The van der Waals surface area contributed by atoms with Gasteiger partial charge in [-0.05, 0) is 36.1 Å². The molecule has 0 aliphatic carbocycles. The fraction of sp³-hybridized carbons (Fsp3) is 0.267. The molecule has 1 amide bonds. The number of amides is 1. The molecule has 1 aromatic carbocycles. The first-order chi connectivity index (χ1) is 11.4. The lowest BCUT2D eigenvalue weighted by atomic mass is 10.2. The van der Waals surface area contributed by atoms with Crippen LogP contribution >= 0.6 is 0 Å². The Morgan fingerprint density at radius 3 is 2.58 bits per heavy atom. The molecule has 9 heteroatoms. The summed E-state index contributed by atoms with van der Waals surface area (Å²) < 4.78 is 6.08. The third kappa shape index (κ3) is 3.94. The summed E-state index contributed by atoms with van der Waals surface area (Å²) in [5.74, 6) is -0.766. The highest BCUT2D eigenvalue weighted by atomic mass is 16.6. The predicted molar refractivity (Wildman–Crippen MR) is 84.6 cm³/mol. The van der Waals surface area contributed by atoms with E-state index in [1.807, 2.05) is 0 Å². The molecule has 24 heavy (non-hydrogen) atoms. The number of nitrogens with one attached hydrogen (secondary N) is 1. The van der Waals surface area contributed by atoms with Gasteiger partial charge in [0.15, 0.2) is 12.4 Å². The number of aromatic nitrogens is 2. The van der Waals surface area contributed by atoms with Crippen LogP contribution < -0.4 is 5.32 Å². The van der Waals surface area contributed by atoms with Crippen molar-refractivity contribution in [3.05, 3.63) is 52.0 Å². The number of hydrogen-bond donors (Lipinski definition) is 1. The van der Waals surface area contributed by atoms with Gasteiger partial charge in [0.05, 0.1) is 12.2 Å². The van der Waals surface area contributed by atoms with Crippen LogP contribution in [0.4, 0.5) is 11.5 Å². The number of anilines is 1. The van der Waals surface area contributed by atoms with E-state index in [-0.39, 0.29) is 19.0 Å². The smallest absolute Gasteiger partial charge is 0.343 e. The van der Waals surface area contributed by atoms with Gasteiger partial charge >= 0.3 is 11.8 Å². The molecule has 0 spiro atoms. The molecule has 0 fully saturated rings. The number of esters is 1. The highest BCUT2D eigenvalue weighted by Crippen LogP contribution is 2.15. The summed E-state index contributed by atoms with van der Waals surface area (Å²) in [5.41, 5.74) is 0.837. The molecule has 0 saturated carbocycles. The average molecular weight is 332 g/mol. The number of carbonyl (C=O) groups is 2. The minimum absolute atomic E-state index is 0.234. The van der Waals surface area contributed by atoms with Crippen LogP contribution in [0.5, 0.6) is 0 Å². The van der Waals surface area contributed by atoms with Crippen molar-refractivity contribution in [1.82, 2.24) is 9.55 Å². The van der Waals surface area contributed by atoms with E-state index in [2.05, 4.69) is 10.3 Å². The first-order valence-electron chi connectivity index (χ1n) is 7.16. The summed E-state index contributed by atoms with van der Waals surface area (Å²) in [7, 11) is 0. The second kappa shape index (κ2) is 7.36. The van der Waals surface area contributed by atoms with Crippen molar-refractivity contribution in [2.75, 3.05) is 11.9 Å². The van der Waals surface area contributed by atoms with E-state index >= 15 is 0 Å². The molecule has 0 unspecified atom stereocenters. The van der Waals surface area contributed by atoms with E-state index in [0.717, 1.165) is 6.20 Å². The maximum Gasteiger partial charge on any atom is 0.343 e. The molecular formula is C15H16N4O5. The van der Waals surface area contributed by atoms with Crippen LogP contribution in [-0.2, 0) is 16.1 Å². The van der Waals surface area contributed by atoms with Gasteiger partial charge in [0.25, 0.3) is 5.91 Å². The maximum atomic E-state index is 12.1. The predicted octanol–water partition coefficient (Wildman–Crippen LogP) is 1.92.